The lowest BCUT2D eigenvalue weighted by Gasteiger charge is -2.33. The van der Waals surface area contributed by atoms with Crippen LogP contribution in [0.3, 0.4) is 0 Å². The van der Waals surface area contributed by atoms with E-state index in [1.165, 1.54) is 11.8 Å². The van der Waals surface area contributed by atoms with Crippen LogP contribution in [-0.4, -0.2) is 52.0 Å². The number of carbonyl (C=O) groups excluding carboxylic acids is 1. The average molecular weight is 352 g/mol. The van der Waals surface area contributed by atoms with Crippen LogP contribution in [0.2, 0.25) is 0 Å². The molecule has 1 amide bonds. The number of furan rings is 1. The highest BCUT2D eigenvalue weighted by Crippen LogP contribution is 2.18. The van der Waals surface area contributed by atoms with Gasteiger partial charge in [-0.2, -0.15) is 4.98 Å². The van der Waals surface area contributed by atoms with Gasteiger partial charge in [-0.1, -0.05) is 22.9 Å². The number of benzene rings is 1. The van der Waals surface area contributed by atoms with Crippen LogP contribution < -0.4 is 0 Å². The standard InChI is InChI=1S/C19H20N4O3/c1-14-4-6-15(7-5-14)18-20-17(21-26-18)13-22-8-10-23(11-9-22)19(24)16-3-2-12-25-16/h2-7,12H,8-11,13H2,1H3. The van der Waals surface area contributed by atoms with Gasteiger partial charge in [0.05, 0.1) is 12.8 Å². The Labute approximate surface area is 151 Å². The fourth-order valence-corrected chi connectivity index (χ4v) is 3.00. The maximum absolute atomic E-state index is 12.3. The van der Waals surface area contributed by atoms with E-state index in [0.717, 1.165) is 18.7 Å². The van der Waals surface area contributed by atoms with Crippen LogP contribution in [0, 0.1) is 6.92 Å². The topological polar surface area (TPSA) is 75.6 Å². The van der Waals surface area contributed by atoms with Gasteiger partial charge in [0.15, 0.2) is 11.6 Å². The molecule has 0 N–H and O–H groups in total. The molecule has 0 bridgehead atoms. The van der Waals surface area contributed by atoms with Crippen molar-refractivity contribution in [1.82, 2.24) is 19.9 Å². The van der Waals surface area contributed by atoms with E-state index >= 15 is 0 Å². The van der Waals surface area contributed by atoms with Gasteiger partial charge >= 0.3 is 0 Å². The second-order valence-corrected chi connectivity index (χ2v) is 6.43. The van der Waals surface area contributed by atoms with Crippen LogP contribution in [-0.2, 0) is 6.54 Å². The molecule has 0 aliphatic carbocycles. The molecule has 2 aromatic heterocycles. The van der Waals surface area contributed by atoms with Crippen LogP contribution in [0.25, 0.3) is 11.5 Å². The number of hydrogen-bond acceptors (Lipinski definition) is 6. The molecule has 1 fully saturated rings. The van der Waals surface area contributed by atoms with Crippen LogP contribution >= 0.6 is 0 Å². The molecular weight excluding hydrogens is 332 g/mol. The second kappa shape index (κ2) is 7.13. The number of rotatable bonds is 4. The summed E-state index contributed by atoms with van der Waals surface area (Å²) >= 11 is 0. The highest BCUT2D eigenvalue weighted by Gasteiger charge is 2.24. The van der Waals surface area contributed by atoms with Crippen LogP contribution in [0.4, 0.5) is 0 Å². The Morgan fingerprint density at radius 1 is 1.12 bits per heavy atom. The first kappa shape index (κ1) is 16.5. The molecule has 134 valence electrons. The van der Waals surface area contributed by atoms with Crippen molar-refractivity contribution in [3.63, 3.8) is 0 Å². The lowest BCUT2D eigenvalue weighted by molar-refractivity contribution is 0.0594. The second-order valence-electron chi connectivity index (χ2n) is 6.43. The van der Waals surface area contributed by atoms with E-state index in [4.69, 9.17) is 8.94 Å². The Bertz CT molecular complexity index is 863. The van der Waals surface area contributed by atoms with Crippen molar-refractivity contribution in [2.75, 3.05) is 26.2 Å². The van der Waals surface area contributed by atoms with Gasteiger partial charge in [0.1, 0.15) is 0 Å². The summed E-state index contributed by atoms with van der Waals surface area (Å²) in [5, 5.41) is 4.08. The van der Waals surface area contributed by atoms with Crippen LogP contribution in [0.5, 0.6) is 0 Å². The minimum Gasteiger partial charge on any atom is -0.459 e. The van der Waals surface area contributed by atoms with Gasteiger partial charge in [-0.3, -0.25) is 9.69 Å². The van der Waals surface area contributed by atoms with Crippen molar-refractivity contribution in [2.24, 2.45) is 0 Å². The highest BCUT2D eigenvalue weighted by atomic mass is 16.5. The Kier molecular flexibility index (Phi) is 4.53. The predicted molar refractivity (Wildman–Crippen MR) is 94.4 cm³/mol. The highest BCUT2D eigenvalue weighted by molar-refractivity contribution is 5.91. The molecule has 1 aliphatic heterocycles. The first-order valence-corrected chi connectivity index (χ1v) is 8.64. The van der Waals surface area contributed by atoms with Crippen molar-refractivity contribution in [3.05, 3.63) is 59.8 Å². The molecule has 1 aromatic carbocycles. The number of hydrogen-bond donors (Lipinski definition) is 0. The Hall–Kier alpha value is -2.93. The number of aromatic nitrogens is 2. The summed E-state index contributed by atoms with van der Waals surface area (Å²) in [5.41, 5.74) is 2.11. The molecular formula is C19H20N4O3. The number of carbonyl (C=O) groups is 1. The molecule has 7 nitrogen and oxygen atoms in total. The average Bonchev–Trinajstić information content (AvgIpc) is 3.35. The fourth-order valence-electron chi connectivity index (χ4n) is 3.00. The molecule has 4 rings (SSSR count). The monoisotopic (exact) mass is 352 g/mol. The molecule has 26 heavy (non-hydrogen) atoms. The molecule has 0 atom stereocenters. The third-order valence-electron chi connectivity index (χ3n) is 4.52. The first-order valence-electron chi connectivity index (χ1n) is 8.64. The van der Waals surface area contributed by atoms with Crippen LogP contribution in [0.1, 0.15) is 21.9 Å². The molecule has 0 unspecified atom stereocenters. The zero-order chi connectivity index (χ0) is 17.9. The van der Waals surface area contributed by atoms with Crippen molar-refractivity contribution in [2.45, 2.75) is 13.5 Å². The van der Waals surface area contributed by atoms with Gasteiger partial charge in [-0.15, -0.1) is 0 Å². The molecule has 1 aliphatic rings. The van der Waals surface area contributed by atoms with Crippen molar-refractivity contribution in [1.29, 1.82) is 0 Å². The van der Waals surface area contributed by atoms with E-state index in [0.29, 0.717) is 37.1 Å². The summed E-state index contributed by atoms with van der Waals surface area (Å²) < 4.78 is 10.6. The Morgan fingerprint density at radius 3 is 2.58 bits per heavy atom. The van der Waals surface area contributed by atoms with Crippen molar-refractivity contribution >= 4 is 5.91 Å². The lowest BCUT2D eigenvalue weighted by atomic mass is 10.1. The maximum Gasteiger partial charge on any atom is 0.289 e. The first-order chi connectivity index (χ1) is 12.7. The summed E-state index contributed by atoms with van der Waals surface area (Å²) in [5.74, 6) is 1.52. The van der Waals surface area contributed by atoms with E-state index in [1.807, 2.05) is 36.1 Å². The fraction of sp³-hybridized carbons (Fsp3) is 0.316. The van der Waals surface area contributed by atoms with E-state index in [2.05, 4.69) is 15.0 Å². The van der Waals surface area contributed by atoms with Gasteiger partial charge in [0.25, 0.3) is 11.8 Å². The molecule has 3 aromatic rings. The zero-order valence-corrected chi connectivity index (χ0v) is 14.6. The number of nitrogens with zero attached hydrogens (tertiary/aromatic N) is 4. The van der Waals surface area contributed by atoms with E-state index in [-0.39, 0.29) is 5.91 Å². The minimum absolute atomic E-state index is 0.0594. The number of amides is 1. The molecule has 1 saturated heterocycles. The SMILES string of the molecule is Cc1ccc(-c2nc(CN3CCN(C(=O)c4ccco4)CC3)no2)cc1. The van der Waals surface area contributed by atoms with Gasteiger partial charge in [-0.05, 0) is 31.2 Å². The third-order valence-corrected chi connectivity index (χ3v) is 4.52. The molecule has 0 radical (unpaired) electrons. The normalized spacial score (nSPS) is 15.3. The van der Waals surface area contributed by atoms with E-state index in [1.54, 1.807) is 12.1 Å². The van der Waals surface area contributed by atoms with E-state index in [9.17, 15) is 4.79 Å². The predicted octanol–water partition coefficient (Wildman–Crippen LogP) is 2.60. The quantitative estimate of drug-likeness (QED) is 0.718. The molecule has 0 saturated carbocycles. The van der Waals surface area contributed by atoms with Gasteiger partial charge in [0, 0.05) is 31.7 Å². The summed E-state index contributed by atoms with van der Waals surface area (Å²) in [6, 6.07) is 11.4. The Morgan fingerprint density at radius 2 is 1.88 bits per heavy atom. The Balaban J connectivity index is 1.33. The third kappa shape index (κ3) is 3.52. The number of aryl methyl sites for hydroxylation is 1. The number of piperazine rings is 1. The molecule has 7 heteroatoms. The van der Waals surface area contributed by atoms with Gasteiger partial charge < -0.3 is 13.8 Å². The van der Waals surface area contributed by atoms with Crippen molar-refractivity contribution in [3.8, 4) is 11.5 Å². The summed E-state index contributed by atoms with van der Waals surface area (Å²) in [6.45, 7) is 5.49. The molecule has 0 spiro atoms. The van der Waals surface area contributed by atoms with Crippen LogP contribution in [0.15, 0.2) is 51.6 Å². The van der Waals surface area contributed by atoms with E-state index < -0.39 is 0 Å². The summed E-state index contributed by atoms with van der Waals surface area (Å²) in [4.78, 5) is 20.8. The zero-order valence-electron chi connectivity index (χ0n) is 14.6. The summed E-state index contributed by atoms with van der Waals surface area (Å²) in [6.07, 6.45) is 1.52. The summed E-state index contributed by atoms with van der Waals surface area (Å²) in [7, 11) is 0. The maximum atomic E-state index is 12.3. The van der Waals surface area contributed by atoms with Gasteiger partial charge in [0.2, 0.25) is 0 Å². The molecule has 3 heterocycles. The minimum atomic E-state index is -0.0594. The van der Waals surface area contributed by atoms with Crippen molar-refractivity contribution < 1.29 is 13.7 Å². The largest absolute Gasteiger partial charge is 0.459 e. The smallest absolute Gasteiger partial charge is 0.289 e. The van der Waals surface area contributed by atoms with Gasteiger partial charge in [-0.25, -0.2) is 0 Å². The lowest BCUT2D eigenvalue weighted by Crippen LogP contribution is -2.48.